The van der Waals surface area contributed by atoms with Crippen LogP contribution in [0.2, 0.25) is 0 Å². The minimum absolute atomic E-state index is 0.00252. The average molecular weight is 810 g/mol. The van der Waals surface area contributed by atoms with Crippen LogP contribution in [-0.2, 0) is 5.41 Å². The molecule has 9 aromatic carbocycles. The van der Waals surface area contributed by atoms with Gasteiger partial charge in [-0.3, -0.25) is 0 Å². The lowest BCUT2D eigenvalue weighted by Gasteiger charge is -2.52. The van der Waals surface area contributed by atoms with Crippen LogP contribution in [0.3, 0.4) is 0 Å². The van der Waals surface area contributed by atoms with Crippen molar-refractivity contribution in [3.8, 4) is 11.1 Å². The Morgan fingerprint density at radius 3 is 2.08 bits per heavy atom. The van der Waals surface area contributed by atoms with E-state index < -0.39 is 0 Å². The highest BCUT2D eigenvalue weighted by Gasteiger charge is 2.61. The molecule has 1 aliphatic carbocycles. The van der Waals surface area contributed by atoms with E-state index in [2.05, 4.69) is 224 Å². The number of anilines is 8. The Balaban J connectivity index is 1.07. The second-order valence-corrected chi connectivity index (χ2v) is 18.9. The molecule has 1 saturated carbocycles. The molecule has 9 aromatic rings. The van der Waals surface area contributed by atoms with Crippen molar-refractivity contribution in [2.24, 2.45) is 0 Å². The zero-order valence-electron chi connectivity index (χ0n) is 36.1. The SMILES string of the molecule is Cc1cc2c3c(c1)N1c4c(cccc4C4(C)CCCCC14C)B3c1ccc(N(c3cccc(-c4cccc5ccccc45)c3)c3cccc4ccccc34)cc1N2c1ccccc1. The lowest BCUT2D eigenvalue weighted by Crippen LogP contribution is -2.64. The Morgan fingerprint density at radius 1 is 0.540 bits per heavy atom. The van der Waals surface area contributed by atoms with Crippen molar-refractivity contribution in [1.29, 1.82) is 0 Å². The van der Waals surface area contributed by atoms with Crippen LogP contribution in [0.4, 0.5) is 45.5 Å². The molecular weight excluding hydrogens is 761 g/mol. The molecular formula is C59H48BN3. The van der Waals surface area contributed by atoms with Crippen molar-refractivity contribution in [2.75, 3.05) is 14.7 Å². The molecule has 302 valence electrons. The molecule has 1 fully saturated rings. The summed E-state index contributed by atoms with van der Waals surface area (Å²) in [6.07, 6.45) is 4.96. The highest BCUT2D eigenvalue weighted by Crippen LogP contribution is 2.61. The summed E-state index contributed by atoms with van der Waals surface area (Å²) in [6.45, 7) is 7.53. The molecule has 3 nitrogen and oxygen atoms in total. The number of aryl methyl sites for hydroxylation is 1. The standard InChI is InChI=1S/C59H48BN3/c1-39-35-54-56-55(36-39)63-57-49(58(2)33-11-12-34-59(58,63)3)28-16-29-51(57)60(56)50-32-31-45(38-53(50)62(54)43-22-5-4-6-23-43)61(52-30-15-20-41-18-8-10-26-48(41)52)44-24-13-21-42(37-44)47-27-14-19-40-17-7-9-25-46(40)47/h4-10,13-32,35-38H,11-12,33-34H2,1-3H3. The Kier molecular flexibility index (Phi) is 7.83. The second-order valence-electron chi connectivity index (χ2n) is 18.9. The van der Waals surface area contributed by atoms with Crippen molar-refractivity contribution in [3.63, 3.8) is 0 Å². The lowest BCUT2D eigenvalue weighted by molar-refractivity contribution is 0.195. The quantitative estimate of drug-likeness (QED) is 0.160. The summed E-state index contributed by atoms with van der Waals surface area (Å²) < 4.78 is 0. The fourth-order valence-electron chi connectivity index (χ4n) is 12.5. The van der Waals surface area contributed by atoms with Gasteiger partial charge < -0.3 is 14.7 Å². The number of rotatable bonds is 5. The third-order valence-corrected chi connectivity index (χ3v) is 15.6. The van der Waals surface area contributed by atoms with Gasteiger partial charge in [-0.15, -0.1) is 0 Å². The predicted molar refractivity (Wildman–Crippen MR) is 268 cm³/mol. The first-order chi connectivity index (χ1) is 30.9. The first-order valence-corrected chi connectivity index (χ1v) is 22.8. The molecule has 3 aliphatic heterocycles. The topological polar surface area (TPSA) is 9.72 Å². The Bertz CT molecular complexity index is 3330. The molecule has 0 spiro atoms. The van der Waals surface area contributed by atoms with Crippen LogP contribution in [0.5, 0.6) is 0 Å². The highest BCUT2D eigenvalue weighted by molar-refractivity contribution is 7.00. The zero-order chi connectivity index (χ0) is 42.0. The molecule has 2 atom stereocenters. The predicted octanol–water partition coefficient (Wildman–Crippen LogP) is 13.8. The highest BCUT2D eigenvalue weighted by atomic mass is 15.3. The normalized spacial score (nSPS) is 19.1. The first-order valence-electron chi connectivity index (χ1n) is 22.8. The number of nitrogens with zero attached hydrogens (tertiary/aromatic N) is 3. The molecule has 0 aromatic heterocycles. The van der Waals surface area contributed by atoms with Gasteiger partial charge in [-0.05, 0) is 136 Å². The number of hydrogen-bond donors (Lipinski definition) is 0. The summed E-state index contributed by atoms with van der Waals surface area (Å²) >= 11 is 0. The molecule has 4 aliphatic rings. The van der Waals surface area contributed by atoms with Crippen LogP contribution in [0, 0.1) is 6.92 Å². The molecule has 0 saturated heterocycles. The van der Waals surface area contributed by atoms with Gasteiger partial charge in [0.2, 0.25) is 0 Å². The van der Waals surface area contributed by atoms with E-state index in [1.165, 1.54) is 114 Å². The second kappa shape index (κ2) is 13.5. The minimum atomic E-state index is -0.00252. The molecule has 2 unspecified atom stereocenters. The van der Waals surface area contributed by atoms with Crippen LogP contribution in [0.1, 0.15) is 50.7 Å². The third-order valence-electron chi connectivity index (χ3n) is 15.6. The maximum absolute atomic E-state index is 2.83. The van der Waals surface area contributed by atoms with Crippen molar-refractivity contribution in [2.45, 2.75) is 57.4 Å². The van der Waals surface area contributed by atoms with E-state index in [-0.39, 0.29) is 17.7 Å². The van der Waals surface area contributed by atoms with Crippen molar-refractivity contribution in [3.05, 3.63) is 199 Å². The van der Waals surface area contributed by atoms with Crippen molar-refractivity contribution in [1.82, 2.24) is 0 Å². The van der Waals surface area contributed by atoms with Crippen molar-refractivity contribution < 1.29 is 0 Å². The van der Waals surface area contributed by atoms with Crippen LogP contribution in [-0.4, -0.2) is 12.3 Å². The van der Waals surface area contributed by atoms with Gasteiger partial charge in [0, 0.05) is 50.6 Å². The van der Waals surface area contributed by atoms with Gasteiger partial charge >= 0.3 is 0 Å². The van der Waals surface area contributed by atoms with E-state index in [0.717, 1.165) is 17.1 Å². The van der Waals surface area contributed by atoms with Gasteiger partial charge in [0.05, 0.1) is 11.2 Å². The number of hydrogen-bond acceptors (Lipinski definition) is 3. The molecule has 0 amide bonds. The summed E-state index contributed by atoms with van der Waals surface area (Å²) in [6, 6.07) is 70.7. The summed E-state index contributed by atoms with van der Waals surface area (Å²) in [5.74, 6) is 0. The molecule has 4 heteroatoms. The molecule has 63 heavy (non-hydrogen) atoms. The lowest BCUT2D eigenvalue weighted by atomic mass is 9.33. The van der Waals surface area contributed by atoms with Crippen LogP contribution >= 0.6 is 0 Å². The number of para-hydroxylation sites is 2. The summed E-state index contributed by atoms with van der Waals surface area (Å²) in [5.41, 5.74) is 19.5. The molecule has 0 N–H and O–H groups in total. The average Bonchev–Trinajstić information content (AvgIpc) is 3.54. The largest absolute Gasteiger partial charge is 0.335 e. The van der Waals surface area contributed by atoms with Crippen LogP contribution in [0.15, 0.2) is 188 Å². The van der Waals surface area contributed by atoms with Gasteiger partial charge in [0.25, 0.3) is 6.71 Å². The van der Waals surface area contributed by atoms with Gasteiger partial charge in [0.1, 0.15) is 0 Å². The zero-order valence-corrected chi connectivity index (χ0v) is 36.1. The maximum Gasteiger partial charge on any atom is 0.252 e. The fraction of sp³-hybridized carbons (Fsp3) is 0.153. The minimum Gasteiger partial charge on any atom is -0.335 e. The van der Waals surface area contributed by atoms with Gasteiger partial charge in [-0.2, -0.15) is 0 Å². The molecule has 0 bridgehead atoms. The van der Waals surface area contributed by atoms with Crippen LogP contribution in [0.25, 0.3) is 32.7 Å². The summed E-state index contributed by atoms with van der Waals surface area (Å²) in [4.78, 5) is 7.89. The van der Waals surface area contributed by atoms with Gasteiger partial charge in [-0.25, -0.2) is 0 Å². The third kappa shape index (κ3) is 5.09. The smallest absolute Gasteiger partial charge is 0.252 e. The van der Waals surface area contributed by atoms with Crippen LogP contribution < -0.4 is 31.1 Å². The number of benzene rings is 9. The van der Waals surface area contributed by atoms with E-state index in [1.54, 1.807) is 0 Å². The van der Waals surface area contributed by atoms with E-state index >= 15 is 0 Å². The van der Waals surface area contributed by atoms with Gasteiger partial charge in [-0.1, -0.05) is 153 Å². The Morgan fingerprint density at radius 2 is 1.22 bits per heavy atom. The summed E-state index contributed by atoms with van der Waals surface area (Å²) in [7, 11) is 0. The molecule has 3 heterocycles. The Labute approximate surface area is 371 Å². The molecule has 0 radical (unpaired) electrons. The molecule has 13 rings (SSSR count). The Hall–Kier alpha value is -7.04. The van der Waals surface area contributed by atoms with Gasteiger partial charge in [0.15, 0.2) is 0 Å². The number of fused-ring (bicyclic) bond motifs is 9. The fourth-order valence-corrected chi connectivity index (χ4v) is 12.5. The summed E-state index contributed by atoms with van der Waals surface area (Å²) in [5, 5.41) is 4.95. The maximum atomic E-state index is 2.83. The van der Waals surface area contributed by atoms with E-state index in [0.29, 0.717) is 0 Å². The first kappa shape index (κ1) is 36.6. The van der Waals surface area contributed by atoms with Crippen molar-refractivity contribution >= 4 is 90.1 Å². The monoisotopic (exact) mass is 809 g/mol. The van der Waals surface area contributed by atoms with E-state index in [1.807, 2.05) is 0 Å². The van der Waals surface area contributed by atoms with E-state index in [9.17, 15) is 0 Å². The van der Waals surface area contributed by atoms with E-state index in [4.69, 9.17) is 0 Å².